The Kier molecular flexibility index (Phi) is 6.63. The molecule has 0 aliphatic carbocycles. The molecule has 2 aromatic carbocycles. The van der Waals surface area contributed by atoms with Gasteiger partial charge in [-0.2, -0.15) is 0 Å². The molecule has 0 saturated heterocycles. The molecule has 1 amide bonds. The van der Waals surface area contributed by atoms with Crippen LogP contribution in [0, 0.1) is 34.6 Å². The number of benzene rings is 2. The lowest BCUT2D eigenvalue weighted by atomic mass is 10.0. The van der Waals surface area contributed by atoms with E-state index in [-0.39, 0.29) is 11.5 Å². The van der Waals surface area contributed by atoms with Crippen LogP contribution in [0.15, 0.2) is 59.3 Å². The number of ether oxygens (including phenoxy) is 2. The van der Waals surface area contributed by atoms with Crippen molar-refractivity contribution >= 4 is 23.6 Å². The van der Waals surface area contributed by atoms with Gasteiger partial charge in [-0.3, -0.25) is 9.69 Å². The van der Waals surface area contributed by atoms with E-state index in [1.54, 1.807) is 25.0 Å². The van der Waals surface area contributed by atoms with E-state index in [9.17, 15) is 9.59 Å². The minimum Gasteiger partial charge on any atom is -0.495 e. The first kappa shape index (κ1) is 25.0. The summed E-state index contributed by atoms with van der Waals surface area (Å²) in [6, 6.07) is 14.0. The second-order valence-corrected chi connectivity index (χ2v) is 9.33. The Hall–Kier alpha value is -4.06. The van der Waals surface area contributed by atoms with E-state index >= 15 is 0 Å². The second-order valence-electron chi connectivity index (χ2n) is 9.33. The van der Waals surface area contributed by atoms with E-state index in [0.29, 0.717) is 11.3 Å². The number of hydrogen-bond donors (Lipinski definition) is 0. The zero-order valence-electron chi connectivity index (χ0n) is 22.1. The van der Waals surface area contributed by atoms with Crippen molar-refractivity contribution in [2.75, 3.05) is 19.1 Å². The van der Waals surface area contributed by atoms with Crippen molar-refractivity contribution < 1.29 is 19.1 Å². The summed E-state index contributed by atoms with van der Waals surface area (Å²) in [6.45, 7) is 11.8. The van der Waals surface area contributed by atoms with Crippen LogP contribution in [0.25, 0.3) is 11.8 Å². The highest BCUT2D eigenvalue weighted by Gasteiger charge is 2.38. The topological polar surface area (TPSA) is 60.8 Å². The van der Waals surface area contributed by atoms with E-state index in [1.165, 1.54) is 7.11 Å². The number of esters is 1. The summed E-state index contributed by atoms with van der Waals surface area (Å²) in [6.07, 6.45) is 1.79. The van der Waals surface area contributed by atoms with Crippen molar-refractivity contribution in [3.8, 4) is 11.4 Å². The Morgan fingerprint density at radius 2 is 1.53 bits per heavy atom. The van der Waals surface area contributed by atoms with Gasteiger partial charge in [0.25, 0.3) is 5.91 Å². The van der Waals surface area contributed by atoms with E-state index in [2.05, 4.69) is 16.7 Å². The molecule has 0 atom stereocenters. The lowest BCUT2D eigenvalue weighted by Crippen LogP contribution is -2.24. The van der Waals surface area contributed by atoms with Gasteiger partial charge >= 0.3 is 5.97 Å². The molecular weight excluding hydrogens is 452 g/mol. The molecule has 1 aliphatic rings. The molecule has 3 aromatic rings. The van der Waals surface area contributed by atoms with Gasteiger partial charge in [-0.1, -0.05) is 12.1 Å². The fourth-order valence-electron chi connectivity index (χ4n) is 5.01. The fraction of sp³-hybridized carbons (Fsp3) is 0.267. The third kappa shape index (κ3) is 4.24. The molecule has 0 N–H and O–H groups in total. The number of carbonyl (C=O) groups is 2. The van der Waals surface area contributed by atoms with Crippen LogP contribution >= 0.6 is 0 Å². The van der Waals surface area contributed by atoms with Gasteiger partial charge in [0.05, 0.1) is 31.1 Å². The molecule has 0 spiro atoms. The maximum absolute atomic E-state index is 13.8. The molecular formula is C30H32N2O4. The van der Waals surface area contributed by atoms with Gasteiger partial charge < -0.3 is 14.0 Å². The summed E-state index contributed by atoms with van der Waals surface area (Å²) in [5, 5.41) is 0. The average Bonchev–Trinajstić information content (AvgIpc) is 3.23. The van der Waals surface area contributed by atoms with E-state index in [1.807, 2.05) is 65.0 Å². The summed E-state index contributed by atoms with van der Waals surface area (Å²) in [5.74, 6) is -0.0329. The highest BCUT2D eigenvalue weighted by Crippen LogP contribution is 2.37. The predicted molar refractivity (Wildman–Crippen MR) is 143 cm³/mol. The smallest absolute Gasteiger partial charge is 0.340 e. The Morgan fingerprint density at radius 1 is 0.861 bits per heavy atom. The van der Waals surface area contributed by atoms with Crippen molar-refractivity contribution in [2.45, 2.75) is 41.5 Å². The number of rotatable bonds is 5. The van der Waals surface area contributed by atoms with Crippen molar-refractivity contribution in [1.82, 2.24) is 4.57 Å². The Bertz CT molecular complexity index is 1440. The van der Waals surface area contributed by atoms with Gasteiger partial charge in [-0.15, -0.1) is 0 Å². The summed E-state index contributed by atoms with van der Waals surface area (Å²) >= 11 is 0. The summed E-state index contributed by atoms with van der Waals surface area (Å²) < 4.78 is 12.8. The average molecular weight is 485 g/mol. The van der Waals surface area contributed by atoms with Crippen LogP contribution in [0.2, 0.25) is 0 Å². The van der Waals surface area contributed by atoms with Gasteiger partial charge in [0.15, 0.2) is 0 Å². The third-order valence-electron chi connectivity index (χ3n) is 6.60. The van der Waals surface area contributed by atoms with Crippen molar-refractivity contribution in [3.63, 3.8) is 0 Å². The van der Waals surface area contributed by atoms with Crippen LogP contribution in [-0.4, -0.2) is 30.7 Å². The van der Waals surface area contributed by atoms with Crippen LogP contribution in [0.4, 0.5) is 5.69 Å². The lowest BCUT2D eigenvalue weighted by molar-refractivity contribution is -0.136. The molecule has 2 heterocycles. The molecule has 186 valence electrons. The molecule has 1 aliphatic heterocycles. The SMILES string of the molecule is COC(=O)C1=C(C)N(c2cc(C)cc(C)c2)C(=O)/C1=C\c1cc(C)n(-c2cc(C)ccc2OC)c1C. The molecule has 0 fully saturated rings. The van der Waals surface area contributed by atoms with Crippen LogP contribution in [-0.2, 0) is 14.3 Å². The zero-order valence-corrected chi connectivity index (χ0v) is 22.1. The van der Waals surface area contributed by atoms with Crippen LogP contribution in [0.1, 0.15) is 40.6 Å². The molecule has 1 aromatic heterocycles. The number of aryl methyl sites for hydroxylation is 4. The minimum absolute atomic E-state index is 0.254. The zero-order chi connectivity index (χ0) is 26.3. The highest BCUT2D eigenvalue weighted by molar-refractivity contribution is 6.23. The summed E-state index contributed by atoms with van der Waals surface area (Å²) in [4.78, 5) is 28.2. The normalized spacial score (nSPS) is 14.7. The first-order chi connectivity index (χ1) is 17.1. The fourth-order valence-corrected chi connectivity index (χ4v) is 5.01. The Labute approximate surface area is 212 Å². The molecule has 0 bridgehead atoms. The van der Waals surface area contributed by atoms with Crippen molar-refractivity contribution in [2.24, 2.45) is 0 Å². The van der Waals surface area contributed by atoms with Gasteiger partial charge in [0.1, 0.15) is 5.75 Å². The maximum atomic E-state index is 13.8. The second kappa shape index (κ2) is 9.53. The summed E-state index contributed by atoms with van der Waals surface area (Å²) in [7, 11) is 2.99. The summed E-state index contributed by atoms with van der Waals surface area (Å²) in [5.41, 5.74) is 8.75. The largest absolute Gasteiger partial charge is 0.495 e. The number of methoxy groups -OCH3 is 2. The number of aromatic nitrogens is 1. The minimum atomic E-state index is -0.534. The predicted octanol–water partition coefficient (Wildman–Crippen LogP) is 5.91. The molecule has 0 unspecified atom stereocenters. The highest BCUT2D eigenvalue weighted by atomic mass is 16.5. The monoisotopic (exact) mass is 484 g/mol. The number of carbonyl (C=O) groups excluding carboxylic acids is 2. The van der Waals surface area contributed by atoms with Crippen molar-refractivity contribution in [3.05, 3.63) is 92.9 Å². The van der Waals surface area contributed by atoms with Gasteiger partial charge in [-0.25, -0.2) is 4.79 Å². The van der Waals surface area contributed by atoms with Crippen LogP contribution in [0.5, 0.6) is 5.75 Å². The standard InChI is InChI=1S/C30H32N2O4/c1-17-9-10-27(35-7)26(14-17)31-20(4)15-23(21(31)5)16-25-28(30(34)36-8)22(6)32(29(25)33)24-12-18(2)11-19(3)13-24/h9-16H,1-8H3/b25-16-. The number of amides is 1. The van der Waals surface area contributed by atoms with Crippen LogP contribution in [0.3, 0.4) is 0 Å². The van der Waals surface area contributed by atoms with E-state index in [0.717, 1.165) is 50.8 Å². The molecule has 0 saturated carbocycles. The third-order valence-corrected chi connectivity index (χ3v) is 6.60. The molecule has 36 heavy (non-hydrogen) atoms. The van der Waals surface area contributed by atoms with Crippen molar-refractivity contribution in [1.29, 1.82) is 0 Å². The quantitative estimate of drug-likeness (QED) is 0.334. The lowest BCUT2D eigenvalue weighted by Gasteiger charge is -2.19. The van der Waals surface area contributed by atoms with Gasteiger partial charge in [0, 0.05) is 22.8 Å². The molecule has 6 heteroatoms. The Morgan fingerprint density at radius 3 is 2.14 bits per heavy atom. The van der Waals surface area contributed by atoms with Gasteiger partial charge in [-0.05, 0) is 100 Å². The Balaban J connectivity index is 1.89. The maximum Gasteiger partial charge on any atom is 0.340 e. The van der Waals surface area contributed by atoms with Gasteiger partial charge in [0.2, 0.25) is 0 Å². The van der Waals surface area contributed by atoms with Crippen LogP contribution < -0.4 is 9.64 Å². The molecule has 0 radical (unpaired) electrons. The number of nitrogens with zero attached hydrogens (tertiary/aromatic N) is 2. The first-order valence-corrected chi connectivity index (χ1v) is 11.8. The molecule has 4 rings (SSSR count). The van der Waals surface area contributed by atoms with E-state index < -0.39 is 5.97 Å². The molecule has 6 nitrogen and oxygen atoms in total. The van der Waals surface area contributed by atoms with E-state index in [4.69, 9.17) is 9.47 Å². The number of allylic oxidation sites excluding steroid dienone is 1. The number of hydrogen-bond acceptors (Lipinski definition) is 4. The first-order valence-electron chi connectivity index (χ1n) is 11.8. The number of anilines is 1.